The summed E-state index contributed by atoms with van der Waals surface area (Å²) in [4.78, 5) is 0.308. The van der Waals surface area contributed by atoms with E-state index in [0.29, 0.717) is 37.2 Å². The highest BCUT2D eigenvalue weighted by atomic mass is 32.2. The van der Waals surface area contributed by atoms with Gasteiger partial charge in [-0.3, -0.25) is 4.57 Å². The molecule has 0 bridgehead atoms. The third-order valence-electron chi connectivity index (χ3n) is 5.78. The van der Waals surface area contributed by atoms with Crippen LogP contribution in [0.15, 0.2) is 34.3 Å². The molecule has 1 aliphatic heterocycles. The number of rotatable bonds is 8. The number of unbranched alkanes of at least 4 members (excludes halogenated alkanes) is 1. The average molecular weight is 451 g/mol. The van der Waals surface area contributed by atoms with Crippen molar-refractivity contribution in [2.24, 2.45) is 0 Å². The molecule has 4 rings (SSSR count). The van der Waals surface area contributed by atoms with Gasteiger partial charge in [-0.1, -0.05) is 50.1 Å². The van der Waals surface area contributed by atoms with Crippen LogP contribution in [0.2, 0.25) is 0 Å². The van der Waals surface area contributed by atoms with Crippen LogP contribution < -0.4 is 0 Å². The van der Waals surface area contributed by atoms with Gasteiger partial charge in [0.1, 0.15) is 0 Å². The molecule has 0 unspecified atom stereocenters. The molecule has 0 atom stereocenters. The maximum atomic E-state index is 13.1. The first-order chi connectivity index (χ1) is 14.6. The van der Waals surface area contributed by atoms with E-state index < -0.39 is 10.0 Å². The third kappa shape index (κ3) is 4.59. The molecule has 9 heteroatoms. The Morgan fingerprint density at radius 2 is 1.93 bits per heavy atom. The molecule has 2 fully saturated rings. The molecule has 0 amide bonds. The van der Waals surface area contributed by atoms with Gasteiger partial charge < -0.3 is 4.74 Å². The minimum atomic E-state index is -3.54. The maximum Gasteiger partial charge on any atom is 0.243 e. The molecule has 2 aliphatic rings. The van der Waals surface area contributed by atoms with Gasteiger partial charge in [-0.15, -0.1) is 10.2 Å². The molecule has 7 nitrogen and oxygen atoms in total. The predicted octanol–water partition coefficient (Wildman–Crippen LogP) is 3.97. The van der Waals surface area contributed by atoms with Crippen LogP contribution in [0.3, 0.4) is 0 Å². The van der Waals surface area contributed by atoms with E-state index >= 15 is 0 Å². The van der Waals surface area contributed by atoms with E-state index in [4.69, 9.17) is 4.74 Å². The zero-order valence-corrected chi connectivity index (χ0v) is 19.1. The number of thioether (sulfide) groups is 1. The highest BCUT2D eigenvalue weighted by Crippen LogP contribution is 2.37. The van der Waals surface area contributed by atoms with E-state index in [2.05, 4.69) is 21.7 Å². The topological polar surface area (TPSA) is 77.3 Å². The molecule has 1 aromatic carbocycles. The smallest absolute Gasteiger partial charge is 0.243 e. The maximum absolute atomic E-state index is 13.1. The Morgan fingerprint density at radius 3 is 2.67 bits per heavy atom. The molecular weight excluding hydrogens is 420 g/mol. The van der Waals surface area contributed by atoms with Gasteiger partial charge in [-0.2, -0.15) is 4.31 Å². The van der Waals surface area contributed by atoms with Crippen LogP contribution >= 0.6 is 11.8 Å². The zero-order chi connectivity index (χ0) is 21.0. The van der Waals surface area contributed by atoms with Gasteiger partial charge in [-0.05, 0) is 31.4 Å². The predicted molar refractivity (Wildman–Crippen MR) is 118 cm³/mol. The number of morpholine rings is 1. The average Bonchev–Trinajstić information content (AvgIpc) is 3.44. The minimum Gasteiger partial charge on any atom is -0.379 e. The number of hydrogen-bond acceptors (Lipinski definition) is 6. The fraction of sp³-hybridized carbons (Fsp3) is 0.619. The number of sulfonamides is 1. The SMILES string of the molecule is CCCCSc1nnc(-c2cccc(S(=O)(=O)N3CCOCC3)c2)n1C1CCCC1. The summed E-state index contributed by atoms with van der Waals surface area (Å²) in [5.41, 5.74) is 0.811. The second kappa shape index (κ2) is 9.80. The zero-order valence-electron chi connectivity index (χ0n) is 17.5. The molecule has 1 saturated carbocycles. The Hall–Kier alpha value is -1.42. The lowest BCUT2D eigenvalue weighted by molar-refractivity contribution is 0.0730. The highest BCUT2D eigenvalue weighted by Gasteiger charge is 2.28. The Balaban J connectivity index is 1.67. The van der Waals surface area contributed by atoms with Crippen LogP contribution in [0.25, 0.3) is 11.4 Å². The van der Waals surface area contributed by atoms with E-state index in [1.54, 1.807) is 30.0 Å². The summed E-state index contributed by atoms with van der Waals surface area (Å²) >= 11 is 1.76. The molecule has 1 aliphatic carbocycles. The first-order valence-electron chi connectivity index (χ1n) is 10.9. The molecule has 1 saturated heterocycles. The fourth-order valence-corrected chi connectivity index (χ4v) is 6.65. The van der Waals surface area contributed by atoms with Crippen molar-refractivity contribution in [1.29, 1.82) is 0 Å². The monoisotopic (exact) mass is 450 g/mol. The number of aromatic nitrogens is 3. The fourth-order valence-electron chi connectivity index (χ4n) is 4.10. The second-order valence-corrected chi connectivity index (χ2v) is 10.9. The van der Waals surface area contributed by atoms with Crippen molar-refractivity contribution in [2.45, 2.75) is 61.5 Å². The van der Waals surface area contributed by atoms with E-state index in [1.807, 2.05) is 6.07 Å². The second-order valence-electron chi connectivity index (χ2n) is 7.86. The first-order valence-corrected chi connectivity index (χ1v) is 13.3. The van der Waals surface area contributed by atoms with Crippen molar-refractivity contribution in [3.8, 4) is 11.4 Å². The first kappa shape index (κ1) is 21.8. The summed E-state index contributed by atoms with van der Waals surface area (Å²) in [6, 6.07) is 7.55. The molecule has 164 valence electrons. The Bertz CT molecular complexity index is 949. The number of nitrogens with zero attached hydrogens (tertiary/aromatic N) is 4. The van der Waals surface area contributed by atoms with Crippen LogP contribution in [0, 0.1) is 0 Å². The van der Waals surface area contributed by atoms with Crippen LogP contribution in [0.1, 0.15) is 51.5 Å². The Kier molecular flexibility index (Phi) is 7.12. The van der Waals surface area contributed by atoms with E-state index in [0.717, 1.165) is 48.0 Å². The summed E-state index contributed by atoms with van der Waals surface area (Å²) in [5, 5.41) is 9.95. The van der Waals surface area contributed by atoms with Crippen LogP contribution in [-0.4, -0.2) is 59.5 Å². The molecule has 1 aromatic heterocycles. The van der Waals surface area contributed by atoms with Gasteiger partial charge in [-0.25, -0.2) is 8.42 Å². The van der Waals surface area contributed by atoms with Crippen LogP contribution in [0.5, 0.6) is 0 Å². The normalized spacial score (nSPS) is 18.8. The van der Waals surface area contributed by atoms with Gasteiger partial charge in [0.05, 0.1) is 18.1 Å². The van der Waals surface area contributed by atoms with Crippen molar-refractivity contribution in [1.82, 2.24) is 19.1 Å². The van der Waals surface area contributed by atoms with Crippen molar-refractivity contribution < 1.29 is 13.2 Å². The van der Waals surface area contributed by atoms with Crippen molar-refractivity contribution >= 4 is 21.8 Å². The standard InChI is InChI=1S/C21H30N4O3S2/c1-2-3-15-29-21-23-22-20(25(21)18-8-4-5-9-18)17-7-6-10-19(16-17)30(26,27)24-11-13-28-14-12-24/h6-7,10,16,18H,2-5,8-9,11-15H2,1H3. The molecular formula is C21H30N4O3S2. The third-order valence-corrected chi connectivity index (χ3v) is 8.71. The molecule has 2 aromatic rings. The number of benzene rings is 1. The lowest BCUT2D eigenvalue weighted by Gasteiger charge is -2.26. The molecule has 30 heavy (non-hydrogen) atoms. The lowest BCUT2D eigenvalue weighted by atomic mass is 10.2. The van der Waals surface area contributed by atoms with Crippen molar-refractivity contribution in [2.75, 3.05) is 32.1 Å². The largest absolute Gasteiger partial charge is 0.379 e. The van der Waals surface area contributed by atoms with Gasteiger partial charge in [0, 0.05) is 30.4 Å². The van der Waals surface area contributed by atoms with Gasteiger partial charge in [0.15, 0.2) is 11.0 Å². The van der Waals surface area contributed by atoms with Gasteiger partial charge in [0.25, 0.3) is 0 Å². The quantitative estimate of drug-likeness (QED) is 0.447. The lowest BCUT2D eigenvalue weighted by Crippen LogP contribution is -2.40. The Labute approximate surface area is 183 Å². The molecule has 0 radical (unpaired) electrons. The summed E-state index contributed by atoms with van der Waals surface area (Å²) in [6.07, 6.45) is 6.97. The highest BCUT2D eigenvalue weighted by molar-refractivity contribution is 7.99. The van der Waals surface area contributed by atoms with Gasteiger partial charge in [0.2, 0.25) is 10.0 Å². The van der Waals surface area contributed by atoms with Crippen LogP contribution in [-0.2, 0) is 14.8 Å². The summed E-state index contributed by atoms with van der Waals surface area (Å²) in [6.45, 7) is 3.85. The minimum absolute atomic E-state index is 0.308. The van der Waals surface area contributed by atoms with E-state index in [9.17, 15) is 8.42 Å². The number of hydrogen-bond donors (Lipinski definition) is 0. The summed E-state index contributed by atoms with van der Waals surface area (Å²) < 4.78 is 35.3. The summed E-state index contributed by atoms with van der Waals surface area (Å²) in [7, 11) is -3.54. The van der Waals surface area contributed by atoms with E-state index in [1.165, 1.54) is 17.1 Å². The van der Waals surface area contributed by atoms with Crippen molar-refractivity contribution in [3.05, 3.63) is 24.3 Å². The molecule has 0 N–H and O–H groups in total. The van der Waals surface area contributed by atoms with Gasteiger partial charge >= 0.3 is 0 Å². The van der Waals surface area contributed by atoms with Crippen molar-refractivity contribution in [3.63, 3.8) is 0 Å². The molecule has 2 heterocycles. The summed E-state index contributed by atoms with van der Waals surface area (Å²) in [5.74, 6) is 1.80. The molecule has 0 spiro atoms. The number of ether oxygens (including phenoxy) is 1. The Morgan fingerprint density at radius 1 is 1.17 bits per heavy atom. The van der Waals surface area contributed by atoms with E-state index in [-0.39, 0.29) is 0 Å². The van der Waals surface area contributed by atoms with Crippen LogP contribution in [0.4, 0.5) is 0 Å².